The lowest BCUT2D eigenvalue weighted by atomic mass is 10.1. The van der Waals surface area contributed by atoms with Crippen LogP contribution in [0.2, 0.25) is 0 Å². The number of pyridine rings is 2. The summed E-state index contributed by atoms with van der Waals surface area (Å²) in [5.74, 6) is 1.30. The van der Waals surface area contributed by atoms with Crippen molar-refractivity contribution in [2.24, 2.45) is 0 Å². The van der Waals surface area contributed by atoms with Gasteiger partial charge in [0.05, 0.1) is 18.7 Å². The number of hydrogen-bond acceptors (Lipinski definition) is 5. The van der Waals surface area contributed by atoms with Crippen LogP contribution < -0.4 is 9.47 Å². The lowest BCUT2D eigenvalue weighted by Crippen LogP contribution is -2.44. The molecule has 2 aromatic rings. The van der Waals surface area contributed by atoms with Crippen LogP contribution in [0.1, 0.15) is 30.1 Å². The monoisotopic (exact) mass is 327 g/mol. The highest BCUT2D eigenvalue weighted by Crippen LogP contribution is 2.19. The zero-order valence-electron chi connectivity index (χ0n) is 13.7. The highest BCUT2D eigenvalue weighted by atomic mass is 16.5. The summed E-state index contributed by atoms with van der Waals surface area (Å²) in [5, 5.41) is 0. The van der Waals surface area contributed by atoms with Crippen molar-refractivity contribution in [2.45, 2.75) is 25.9 Å². The van der Waals surface area contributed by atoms with Crippen molar-refractivity contribution < 1.29 is 14.3 Å². The molecule has 0 aliphatic carbocycles. The Morgan fingerprint density at radius 3 is 2.83 bits per heavy atom. The van der Waals surface area contributed by atoms with Crippen LogP contribution in [0.3, 0.4) is 0 Å². The number of likely N-dealkylation sites (tertiary alicyclic amines) is 1. The minimum Gasteiger partial charge on any atom is -0.488 e. The summed E-state index contributed by atoms with van der Waals surface area (Å²) in [5.41, 5.74) is 0.572. The van der Waals surface area contributed by atoms with E-state index in [2.05, 4.69) is 9.97 Å². The molecule has 3 rings (SSSR count). The molecule has 1 saturated heterocycles. The van der Waals surface area contributed by atoms with Crippen molar-refractivity contribution in [3.8, 4) is 11.6 Å². The summed E-state index contributed by atoms with van der Waals surface area (Å²) < 4.78 is 11.3. The number of aromatic nitrogens is 2. The van der Waals surface area contributed by atoms with Crippen LogP contribution in [0.4, 0.5) is 0 Å². The molecule has 1 atom stereocenters. The van der Waals surface area contributed by atoms with Crippen molar-refractivity contribution in [3.63, 3.8) is 0 Å². The number of amides is 1. The molecular formula is C18H21N3O3. The number of rotatable bonds is 5. The van der Waals surface area contributed by atoms with Crippen molar-refractivity contribution in [3.05, 3.63) is 48.4 Å². The number of nitrogens with zero attached hydrogens (tertiary/aromatic N) is 3. The molecule has 1 aliphatic heterocycles. The predicted octanol–water partition coefficient (Wildman–Crippen LogP) is 2.56. The third kappa shape index (κ3) is 4.01. The number of piperidine rings is 1. The Bertz CT molecular complexity index is 661. The van der Waals surface area contributed by atoms with Crippen molar-refractivity contribution in [1.82, 2.24) is 14.9 Å². The normalized spacial score (nSPS) is 17.4. The Morgan fingerprint density at radius 2 is 2.12 bits per heavy atom. The minimum absolute atomic E-state index is 0.000701. The second kappa shape index (κ2) is 7.77. The van der Waals surface area contributed by atoms with Gasteiger partial charge in [0.15, 0.2) is 0 Å². The summed E-state index contributed by atoms with van der Waals surface area (Å²) >= 11 is 0. The van der Waals surface area contributed by atoms with Crippen LogP contribution in [0.25, 0.3) is 0 Å². The number of hydrogen-bond donors (Lipinski definition) is 0. The van der Waals surface area contributed by atoms with Crippen molar-refractivity contribution in [1.29, 1.82) is 0 Å². The standard InChI is InChI=1S/C18H21N3O3/c1-2-23-17-6-5-14(12-20-17)18(22)21-11-3-4-16(13-21)24-15-7-9-19-10-8-15/h5-10,12,16H,2-4,11,13H2,1H3. The molecule has 0 N–H and O–H groups in total. The SMILES string of the molecule is CCOc1ccc(C(=O)N2CCCC(Oc3ccncc3)C2)cn1. The summed E-state index contributed by atoms with van der Waals surface area (Å²) in [4.78, 5) is 22.6. The van der Waals surface area contributed by atoms with Crippen molar-refractivity contribution in [2.75, 3.05) is 19.7 Å². The van der Waals surface area contributed by atoms with Gasteiger partial charge in [-0.3, -0.25) is 9.78 Å². The van der Waals surface area contributed by atoms with Gasteiger partial charge in [0.25, 0.3) is 5.91 Å². The maximum absolute atomic E-state index is 12.6. The van der Waals surface area contributed by atoms with Crippen molar-refractivity contribution >= 4 is 5.91 Å². The van der Waals surface area contributed by atoms with Gasteiger partial charge >= 0.3 is 0 Å². The Balaban J connectivity index is 1.62. The fourth-order valence-corrected chi connectivity index (χ4v) is 2.75. The van der Waals surface area contributed by atoms with E-state index in [-0.39, 0.29) is 12.0 Å². The minimum atomic E-state index is -0.0198. The van der Waals surface area contributed by atoms with E-state index < -0.39 is 0 Å². The molecule has 0 aromatic carbocycles. The molecule has 126 valence electrons. The first kappa shape index (κ1) is 16.2. The smallest absolute Gasteiger partial charge is 0.255 e. The zero-order chi connectivity index (χ0) is 16.8. The molecule has 2 aromatic heterocycles. The highest BCUT2D eigenvalue weighted by Gasteiger charge is 2.25. The number of ether oxygens (including phenoxy) is 2. The van der Waals surface area contributed by atoms with E-state index in [1.54, 1.807) is 30.7 Å². The van der Waals surface area contributed by atoms with Gasteiger partial charge in [-0.1, -0.05) is 0 Å². The molecule has 0 spiro atoms. The van der Waals surface area contributed by atoms with Crippen LogP contribution >= 0.6 is 0 Å². The first-order valence-corrected chi connectivity index (χ1v) is 8.21. The average Bonchev–Trinajstić information content (AvgIpc) is 2.63. The second-order valence-electron chi connectivity index (χ2n) is 5.63. The molecule has 6 nitrogen and oxygen atoms in total. The fourth-order valence-electron chi connectivity index (χ4n) is 2.75. The van der Waals surface area contributed by atoms with Gasteiger partial charge < -0.3 is 14.4 Å². The lowest BCUT2D eigenvalue weighted by molar-refractivity contribution is 0.0537. The van der Waals surface area contributed by atoms with Crippen LogP contribution in [-0.4, -0.2) is 46.6 Å². The largest absolute Gasteiger partial charge is 0.488 e. The van der Waals surface area contributed by atoms with Gasteiger partial charge in [-0.2, -0.15) is 0 Å². The van der Waals surface area contributed by atoms with Gasteiger partial charge in [-0.25, -0.2) is 4.98 Å². The van der Waals surface area contributed by atoms with E-state index in [1.807, 2.05) is 24.0 Å². The first-order chi connectivity index (χ1) is 11.8. The Labute approximate surface area is 141 Å². The van der Waals surface area contributed by atoms with E-state index in [4.69, 9.17) is 9.47 Å². The lowest BCUT2D eigenvalue weighted by Gasteiger charge is -2.33. The van der Waals surface area contributed by atoms with E-state index in [9.17, 15) is 4.79 Å². The van der Waals surface area contributed by atoms with Gasteiger partial charge in [0, 0.05) is 31.2 Å². The first-order valence-electron chi connectivity index (χ1n) is 8.21. The van der Waals surface area contributed by atoms with E-state index in [0.717, 1.165) is 25.1 Å². The van der Waals surface area contributed by atoms with Crippen LogP contribution in [0.15, 0.2) is 42.9 Å². The van der Waals surface area contributed by atoms with Crippen LogP contribution in [0, 0.1) is 0 Å². The summed E-state index contributed by atoms with van der Waals surface area (Å²) in [7, 11) is 0. The Kier molecular flexibility index (Phi) is 5.25. The summed E-state index contributed by atoms with van der Waals surface area (Å²) in [6.07, 6.45) is 6.83. The Morgan fingerprint density at radius 1 is 1.29 bits per heavy atom. The van der Waals surface area contributed by atoms with Gasteiger partial charge in [0.2, 0.25) is 5.88 Å². The topological polar surface area (TPSA) is 64.5 Å². The third-order valence-electron chi connectivity index (χ3n) is 3.89. The molecule has 1 unspecified atom stereocenters. The van der Waals surface area contributed by atoms with E-state index >= 15 is 0 Å². The fraction of sp³-hybridized carbons (Fsp3) is 0.389. The van der Waals surface area contributed by atoms with Crippen LogP contribution in [-0.2, 0) is 0 Å². The third-order valence-corrected chi connectivity index (χ3v) is 3.89. The molecular weight excluding hydrogens is 306 g/mol. The molecule has 1 fully saturated rings. The summed E-state index contributed by atoms with van der Waals surface area (Å²) in [6, 6.07) is 7.15. The molecule has 3 heterocycles. The van der Waals surface area contributed by atoms with Gasteiger partial charge in [-0.15, -0.1) is 0 Å². The van der Waals surface area contributed by atoms with Gasteiger partial charge in [-0.05, 0) is 38.0 Å². The quantitative estimate of drug-likeness (QED) is 0.844. The average molecular weight is 327 g/mol. The van der Waals surface area contributed by atoms with Crippen LogP contribution in [0.5, 0.6) is 11.6 Å². The van der Waals surface area contributed by atoms with Gasteiger partial charge in [0.1, 0.15) is 11.9 Å². The Hall–Kier alpha value is -2.63. The van der Waals surface area contributed by atoms with E-state index in [0.29, 0.717) is 24.6 Å². The second-order valence-corrected chi connectivity index (χ2v) is 5.63. The zero-order valence-corrected chi connectivity index (χ0v) is 13.7. The molecule has 0 radical (unpaired) electrons. The highest BCUT2D eigenvalue weighted by molar-refractivity contribution is 5.94. The predicted molar refractivity (Wildman–Crippen MR) is 89.2 cm³/mol. The molecule has 24 heavy (non-hydrogen) atoms. The molecule has 1 amide bonds. The maximum Gasteiger partial charge on any atom is 0.255 e. The number of carbonyl (C=O) groups excluding carboxylic acids is 1. The summed E-state index contributed by atoms with van der Waals surface area (Å²) in [6.45, 7) is 3.77. The molecule has 0 saturated carbocycles. The maximum atomic E-state index is 12.6. The molecule has 6 heteroatoms. The molecule has 1 aliphatic rings. The molecule has 0 bridgehead atoms. The number of carbonyl (C=O) groups is 1. The van der Waals surface area contributed by atoms with E-state index in [1.165, 1.54) is 0 Å².